The summed E-state index contributed by atoms with van der Waals surface area (Å²) in [6, 6.07) is 4.90. The van der Waals surface area contributed by atoms with Gasteiger partial charge in [-0.1, -0.05) is 13.3 Å². The topological polar surface area (TPSA) is 55.8 Å². The lowest BCUT2D eigenvalue weighted by atomic mass is 9.98. The Balaban J connectivity index is 2.72. The SMILES string of the molecule is CCCCOc1ccc2c(C(F)(F)F)c(OC)ccc2c1C(=O)O. The number of carboxylic acids is 1. The van der Waals surface area contributed by atoms with E-state index >= 15 is 0 Å². The Morgan fingerprint density at radius 1 is 1.12 bits per heavy atom. The number of aromatic carboxylic acids is 1. The van der Waals surface area contributed by atoms with E-state index in [0.717, 1.165) is 19.6 Å². The molecule has 1 N–H and O–H groups in total. The first-order chi connectivity index (χ1) is 11.3. The van der Waals surface area contributed by atoms with Crippen LogP contribution in [0.5, 0.6) is 11.5 Å². The fraction of sp³-hybridized carbons (Fsp3) is 0.353. The Hall–Kier alpha value is -2.44. The lowest BCUT2D eigenvalue weighted by Crippen LogP contribution is -2.11. The molecule has 7 heteroatoms. The van der Waals surface area contributed by atoms with Crippen LogP contribution in [-0.2, 0) is 6.18 Å². The second-order valence-electron chi connectivity index (χ2n) is 5.18. The van der Waals surface area contributed by atoms with Gasteiger partial charge < -0.3 is 14.6 Å². The Kier molecular flexibility index (Phi) is 5.21. The van der Waals surface area contributed by atoms with Crippen LogP contribution in [0.1, 0.15) is 35.7 Å². The summed E-state index contributed by atoms with van der Waals surface area (Å²) in [6.45, 7) is 2.24. The summed E-state index contributed by atoms with van der Waals surface area (Å²) in [5, 5.41) is 9.18. The van der Waals surface area contributed by atoms with E-state index in [2.05, 4.69) is 0 Å². The van der Waals surface area contributed by atoms with Crippen molar-refractivity contribution < 1.29 is 32.5 Å². The first kappa shape index (κ1) is 17.9. The zero-order valence-electron chi connectivity index (χ0n) is 13.2. The molecule has 0 atom stereocenters. The summed E-state index contributed by atoms with van der Waals surface area (Å²) < 4.78 is 50.4. The first-order valence-corrected chi connectivity index (χ1v) is 7.38. The Morgan fingerprint density at radius 2 is 1.75 bits per heavy atom. The molecule has 24 heavy (non-hydrogen) atoms. The first-order valence-electron chi connectivity index (χ1n) is 7.38. The number of halogens is 3. The molecule has 0 bridgehead atoms. The van der Waals surface area contributed by atoms with Crippen LogP contribution in [0.2, 0.25) is 0 Å². The number of carbonyl (C=O) groups is 1. The van der Waals surface area contributed by atoms with Gasteiger partial charge in [-0.15, -0.1) is 0 Å². The van der Waals surface area contributed by atoms with Gasteiger partial charge in [0.05, 0.1) is 13.7 Å². The van der Waals surface area contributed by atoms with Crippen LogP contribution in [0, 0.1) is 0 Å². The molecule has 2 aromatic rings. The minimum atomic E-state index is -4.68. The monoisotopic (exact) mass is 342 g/mol. The molecule has 2 rings (SSSR count). The summed E-state index contributed by atoms with van der Waals surface area (Å²) in [5.74, 6) is -1.64. The number of hydrogen-bond donors (Lipinski definition) is 1. The van der Waals surface area contributed by atoms with Crippen molar-refractivity contribution in [1.29, 1.82) is 0 Å². The predicted molar refractivity (Wildman–Crippen MR) is 82.9 cm³/mol. The molecule has 0 heterocycles. The van der Waals surface area contributed by atoms with Crippen LogP contribution in [0.25, 0.3) is 10.8 Å². The maximum Gasteiger partial charge on any atom is 0.420 e. The zero-order valence-corrected chi connectivity index (χ0v) is 13.2. The Bertz CT molecular complexity index is 754. The van der Waals surface area contributed by atoms with E-state index in [1.165, 1.54) is 18.2 Å². The minimum Gasteiger partial charge on any atom is -0.496 e. The molecule has 130 valence electrons. The number of alkyl halides is 3. The Labute approximate surface area is 136 Å². The molecule has 0 aliphatic heterocycles. The normalized spacial score (nSPS) is 11.5. The van der Waals surface area contributed by atoms with Gasteiger partial charge in [0.2, 0.25) is 0 Å². The van der Waals surface area contributed by atoms with Gasteiger partial charge >= 0.3 is 12.1 Å². The number of carboxylic acid groups (broad SMARTS) is 1. The van der Waals surface area contributed by atoms with Gasteiger partial charge in [0.25, 0.3) is 0 Å². The molecule has 0 radical (unpaired) electrons. The molecule has 0 fully saturated rings. The van der Waals surface area contributed by atoms with E-state index in [-0.39, 0.29) is 27.8 Å². The molecule has 0 unspecified atom stereocenters. The van der Waals surface area contributed by atoms with Crippen LogP contribution in [0.15, 0.2) is 24.3 Å². The summed E-state index contributed by atoms with van der Waals surface area (Å²) in [7, 11) is 1.14. The average molecular weight is 342 g/mol. The van der Waals surface area contributed by atoms with Gasteiger partial charge in [-0.05, 0) is 36.1 Å². The maximum atomic E-state index is 13.4. The number of benzene rings is 2. The third-order valence-corrected chi connectivity index (χ3v) is 3.60. The quantitative estimate of drug-likeness (QED) is 0.770. The van der Waals surface area contributed by atoms with Crippen molar-refractivity contribution in [3.8, 4) is 11.5 Å². The highest BCUT2D eigenvalue weighted by Gasteiger charge is 2.37. The van der Waals surface area contributed by atoms with Crippen molar-refractivity contribution in [1.82, 2.24) is 0 Å². The molecular formula is C17H17F3O4. The van der Waals surface area contributed by atoms with Crippen molar-refractivity contribution >= 4 is 16.7 Å². The fourth-order valence-corrected chi connectivity index (χ4v) is 2.50. The van der Waals surface area contributed by atoms with Gasteiger partial charge in [-0.2, -0.15) is 13.2 Å². The molecule has 2 aromatic carbocycles. The van der Waals surface area contributed by atoms with E-state index in [0.29, 0.717) is 13.0 Å². The zero-order chi connectivity index (χ0) is 17.9. The smallest absolute Gasteiger partial charge is 0.420 e. The maximum absolute atomic E-state index is 13.4. The molecule has 0 spiro atoms. The van der Waals surface area contributed by atoms with Crippen molar-refractivity contribution in [3.05, 3.63) is 35.4 Å². The third-order valence-electron chi connectivity index (χ3n) is 3.60. The van der Waals surface area contributed by atoms with Gasteiger partial charge in [-0.3, -0.25) is 0 Å². The Morgan fingerprint density at radius 3 is 2.29 bits per heavy atom. The van der Waals surface area contributed by atoms with Gasteiger partial charge in [-0.25, -0.2) is 4.79 Å². The molecule has 0 saturated heterocycles. The second-order valence-corrected chi connectivity index (χ2v) is 5.18. The fourth-order valence-electron chi connectivity index (χ4n) is 2.50. The average Bonchev–Trinajstić information content (AvgIpc) is 2.52. The van der Waals surface area contributed by atoms with Gasteiger partial charge in [0.15, 0.2) is 0 Å². The summed E-state index contributed by atoms with van der Waals surface area (Å²) >= 11 is 0. The van der Waals surface area contributed by atoms with Crippen LogP contribution < -0.4 is 9.47 Å². The van der Waals surface area contributed by atoms with Gasteiger partial charge in [0, 0.05) is 5.39 Å². The highest BCUT2D eigenvalue weighted by molar-refractivity contribution is 6.07. The lowest BCUT2D eigenvalue weighted by molar-refractivity contribution is -0.137. The third kappa shape index (κ3) is 3.39. The van der Waals surface area contributed by atoms with E-state index in [9.17, 15) is 23.1 Å². The van der Waals surface area contributed by atoms with Crippen LogP contribution >= 0.6 is 0 Å². The van der Waals surface area contributed by atoms with E-state index in [1.807, 2.05) is 6.92 Å². The highest BCUT2D eigenvalue weighted by atomic mass is 19.4. The second kappa shape index (κ2) is 6.98. The van der Waals surface area contributed by atoms with Crippen molar-refractivity contribution in [2.24, 2.45) is 0 Å². The molecule has 0 aromatic heterocycles. The van der Waals surface area contributed by atoms with E-state index in [1.54, 1.807) is 0 Å². The van der Waals surface area contributed by atoms with Crippen molar-refractivity contribution in [2.45, 2.75) is 25.9 Å². The predicted octanol–water partition coefficient (Wildman–Crippen LogP) is 4.74. The number of hydrogen-bond acceptors (Lipinski definition) is 3. The van der Waals surface area contributed by atoms with Crippen LogP contribution in [0.3, 0.4) is 0 Å². The molecule has 4 nitrogen and oxygen atoms in total. The van der Waals surface area contributed by atoms with Crippen molar-refractivity contribution in [2.75, 3.05) is 13.7 Å². The minimum absolute atomic E-state index is 0.0374. The van der Waals surface area contributed by atoms with Crippen LogP contribution in [-0.4, -0.2) is 24.8 Å². The number of fused-ring (bicyclic) bond motifs is 1. The highest BCUT2D eigenvalue weighted by Crippen LogP contribution is 2.43. The number of rotatable bonds is 6. The number of ether oxygens (including phenoxy) is 2. The summed E-state index contributed by atoms with van der Waals surface area (Å²) in [5.41, 5.74) is -1.28. The molecule has 0 amide bonds. The van der Waals surface area contributed by atoms with E-state index in [4.69, 9.17) is 9.47 Å². The standard InChI is InChI=1S/C17H17F3O4/c1-3-4-9-24-12-7-6-11-10(14(12)16(21)22)5-8-13(23-2)15(11)17(18,19)20/h5-8H,3-4,9H2,1-2H3,(H,21,22). The van der Waals surface area contributed by atoms with E-state index < -0.39 is 17.7 Å². The summed E-state index contributed by atoms with van der Waals surface area (Å²) in [4.78, 5) is 11.6. The number of unbranched alkanes of at least 4 members (excludes halogenated alkanes) is 1. The van der Waals surface area contributed by atoms with Crippen molar-refractivity contribution in [3.63, 3.8) is 0 Å². The largest absolute Gasteiger partial charge is 0.496 e. The van der Waals surface area contributed by atoms with Gasteiger partial charge in [0.1, 0.15) is 22.6 Å². The lowest BCUT2D eigenvalue weighted by Gasteiger charge is -2.17. The number of methoxy groups -OCH3 is 1. The summed E-state index contributed by atoms with van der Waals surface area (Å²) in [6.07, 6.45) is -3.11. The molecule has 0 saturated carbocycles. The molecular weight excluding hydrogens is 325 g/mol. The molecule has 0 aliphatic rings. The van der Waals surface area contributed by atoms with Crippen LogP contribution in [0.4, 0.5) is 13.2 Å². The molecule has 0 aliphatic carbocycles.